The number of aromatic amines is 2. The summed E-state index contributed by atoms with van der Waals surface area (Å²) in [5.74, 6) is -1.79. The Labute approximate surface area is 136 Å². The maximum atomic E-state index is 12.4. The number of sulfone groups is 1. The second-order valence-corrected chi connectivity index (χ2v) is 6.83. The minimum Gasteiger partial charge on any atom is -0.349 e. The molecule has 0 radical (unpaired) electrons. The van der Waals surface area contributed by atoms with Crippen LogP contribution in [0, 0.1) is 0 Å². The first-order chi connectivity index (χ1) is 11.5. The van der Waals surface area contributed by atoms with E-state index < -0.39 is 21.4 Å². The van der Waals surface area contributed by atoms with E-state index in [1.165, 1.54) is 30.6 Å². The lowest BCUT2D eigenvalue weighted by atomic mass is 10.1. The van der Waals surface area contributed by atoms with Crippen molar-refractivity contribution in [3.8, 4) is 0 Å². The zero-order valence-corrected chi connectivity index (χ0v) is 13.1. The molecule has 0 atom stereocenters. The molecule has 0 aliphatic carbocycles. The van der Waals surface area contributed by atoms with Gasteiger partial charge in [-0.05, 0) is 24.3 Å². The third-order valence-corrected chi connectivity index (χ3v) is 4.99. The molecule has 0 fully saturated rings. The molecule has 3 rings (SSSR count). The Morgan fingerprint density at radius 3 is 2.46 bits per heavy atom. The topological polar surface area (TPSA) is 126 Å². The van der Waals surface area contributed by atoms with Gasteiger partial charge >= 0.3 is 0 Å². The van der Waals surface area contributed by atoms with E-state index >= 15 is 0 Å². The molecule has 0 bridgehead atoms. The van der Waals surface area contributed by atoms with Crippen molar-refractivity contribution in [2.45, 2.75) is 16.3 Å². The van der Waals surface area contributed by atoms with Crippen LogP contribution in [0.3, 0.4) is 0 Å². The molecule has 1 aromatic carbocycles. The first-order valence-electron chi connectivity index (χ1n) is 6.90. The molecule has 0 amide bonds. The monoisotopic (exact) mass is 344 g/mol. The molecule has 0 aliphatic heterocycles. The number of carbonyl (C=O) groups is 2. The van der Waals surface area contributed by atoms with Crippen molar-refractivity contribution in [2.24, 2.45) is 0 Å². The Balaban J connectivity index is 1.79. The van der Waals surface area contributed by atoms with Gasteiger partial charge in [-0.15, -0.1) is 5.10 Å². The Kier molecular flexibility index (Phi) is 4.09. The molecular formula is C15H12N4O4S. The Hall–Kier alpha value is -3.07. The van der Waals surface area contributed by atoms with Gasteiger partial charge in [0.2, 0.25) is 21.4 Å². The number of hydrogen-bond donors (Lipinski definition) is 2. The van der Waals surface area contributed by atoms with Gasteiger partial charge in [-0.1, -0.05) is 18.2 Å². The van der Waals surface area contributed by atoms with Crippen molar-refractivity contribution in [3.63, 3.8) is 0 Å². The van der Waals surface area contributed by atoms with E-state index in [2.05, 4.69) is 20.2 Å². The van der Waals surface area contributed by atoms with E-state index in [1.807, 2.05) is 0 Å². The van der Waals surface area contributed by atoms with Crippen LogP contribution in [-0.2, 0) is 21.1 Å². The predicted octanol–water partition coefficient (Wildman–Crippen LogP) is 0.960. The van der Waals surface area contributed by atoms with Crippen LogP contribution in [0.2, 0.25) is 0 Å². The standard InChI is InChI=1S/C15H12N4O4S/c20-12(14(21)15-16-9-17-19-15)8-10-6-7-13(18-10)24(22,23)11-4-2-1-3-5-11/h1-7,9,18H,8H2,(H,16,17,19). The summed E-state index contributed by atoms with van der Waals surface area (Å²) in [7, 11) is -3.70. The number of carbonyl (C=O) groups excluding carboxylic acids is 2. The quantitative estimate of drug-likeness (QED) is 0.507. The summed E-state index contributed by atoms with van der Waals surface area (Å²) in [5.41, 5.74) is 0.318. The van der Waals surface area contributed by atoms with Crippen molar-refractivity contribution < 1.29 is 18.0 Å². The van der Waals surface area contributed by atoms with Crippen LogP contribution in [0.15, 0.2) is 58.7 Å². The molecule has 8 nitrogen and oxygen atoms in total. The normalized spacial score (nSPS) is 11.3. The second kappa shape index (κ2) is 6.20. The summed E-state index contributed by atoms with van der Waals surface area (Å²) >= 11 is 0. The Bertz CT molecular complexity index is 976. The molecule has 0 unspecified atom stereocenters. The second-order valence-electron chi connectivity index (χ2n) is 4.92. The van der Waals surface area contributed by atoms with Gasteiger partial charge in [0.05, 0.1) is 11.3 Å². The first kappa shape index (κ1) is 15.8. The van der Waals surface area contributed by atoms with E-state index in [9.17, 15) is 18.0 Å². The van der Waals surface area contributed by atoms with Crippen molar-refractivity contribution in [1.82, 2.24) is 20.2 Å². The molecule has 0 aliphatic rings. The molecule has 2 aromatic heterocycles. The average molecular weight is 344 g/mol. The Morgan fingerprint density at radius 1 is 1.04 bits per heavy atom. The van der Waals surface area contributed by atoms with Crippen molar-refractivity contribution in [3.05, 3.63) is 60.3 Å². The highest BCUT2D eigenvalue weighted by Crippen LogP contribution is 2.20. The molecule has 0 saturated carbocycles. The number of nitrogens with zero attached hydrogens (tertiary/aromatic N) is 2. The largest absolute Gasteiger partial charge is 0.349 e. The SMILES string of the molecule is O=C(Cc1ccc(S(=O)(=O)c2ccccc2)[nH]1)C(=O)c1nc[nH]n1. The van der Waals surface area contributed by atoms with Gasteiger partial charge < -0.3 is 4.98 Å². The third-order valence-electron chi connectivity index (χ3n) is 3.29. The summed E-state index contributed by atoms with van der Waals surface area (Å²) in [4.78, 5) is 30.2. The lowest BCUT2D eigenvalue weighted by Gasteiger charge is -2.01. The molecule has 2 heterocycles. The summed E-state index contributed by atoms with van der Waals surface area (Å²) in [6.07, 6.45) is 0.928. The van der Waals surface area contributed by atoms with Crippen LogP contribution < -0.4 is 0 Å². The number of aromatic nitrogens is 4. The first-order valence-corrected chi connectivity index (χ1v) is 8.38. The van der Waals surface area contributed by atoms with E-state index in [1.54, 1.807) is 18.2 Å². The van der Waals surface area contributed by atoms with Gasteiger partial charge in [0.1, 0.15) is 11.4 Å². The highest BCUT2D eigenvalue weighted by Gasteiger charge is 2.23. The zero-order chi connectivity index (χ0) is 17.2. The number of benzene rings is 1. The fraction of sp³-hybridized carbons (Fsp3) is 0.0667. The fourth-order valence-corrected chi connectivity index (χ4v) is 3.38. The van der Waals surface area contributed by atoms with Gasteiger partial charge in [0, 0.05) is 5.69 Å². The van der Waals surface area contributed by atoms with E-state index in [0.29, 0.717) is 5.69 Å². The lowest BCUT2D eigenvalue weighted by molar-refractivity contribution is -0.114. The highest BCUT2D eigenvalue weighted by molar-refractivity contribution is 7.91. The van der Waals surface area contributed by atoms with Crippen LogP contribution in [0.4, 0.5) is 0 Å². The maximum Gasteiger partial charge on any atom is 0.267 e. The number of H-pyrrole nitrogens is 2. The summed E-state index contributed by atoms with van der Waals surface area (Å²) < 4.78 is 24.9. The summed E-state index contributed by atoms with van der Waals surface area (Å²) in [6, 6.07) is 10.7. The number of nitrogens with one attached hydrogen (secondary N) is 2. The average Bonchev–Trinajstić information content (AvgIpc) is 3.27. The molecule has 122 valence electrons. The zero-order valence-electron chi connectivity index (χ0n) is 12.3. The van der Waals surface area contributed by atoms with E-state index in [0.717, 1.165) is 0 Å². The van der Waals surface area contributed by atoms with Crippen LogP contribution in [0.25, 0.3) is 0 Å². The minimum absolute atomic E-state index is 0.0400. The summed E-state index contributed by atoms with van der Waals surface area (Å²) in [5, 5.41) is 5.86. The highest BCUT2D eigenvalue weighted by atomic mass is 32.2. The van der Waals surface area contributed by atoms with Crippen LogP contribution in [0.1, 0.15) is 16.3 Å². The molecule has 0 spiro atoms. The fourth-order valence-electron chi connectivity index (χ4n) is 2.10. The van der Waals surface area contributed by atoms with E-state index in [-0.39, 0.29) is 22.2 Å². The number of ketones is 2. The Morgan fingerprint density at radius 2 is 1.79 bits per heavy atom. The van der Waals surface area contributed by atoms with Crippen LogP contribution in [-0.4, -0.2) is 40.1 Å². The number of Topliss-reactive ketones (excluding diaryl/α,β-unsaturated/α-hetero) is 2. The van der Waals surface area contributed by atoms with Crippen molar-refractivity contribution in [1.29, 1.82) is 0 Å². The van der Waals surface area contributed by atoms with Gasteiger partial charge in [0.25, 0.3) is 5.78 Å². The maximum absolute atomic E-state index is 12.4. The molecular weight excluding hydrogens is 332 g/mol. The van der Waals surface area contributed by atoms with E-state index in [4.69, 9.17) is 0 Å². The van der Waals surface area contributed by atoms with Crippen molar-refractivity contribution >= 4 is 21.4 Å². The summed E-state index contributed by atoms with van der Waals surface area (Å²) in [6.45, 7) is 0. The molecule has 9 heteroatoms. The third kappa shape index (κ3) is 3.01. The van der Waals surface area contributed by atoms with Gasteiger partial charge in [-0.2, -0.15) is 0 Å². The number of hydrogen-bond acceptors (Lipinski definition) is 6. The number of rotatable bonds is 6. The smallest absolute Gasteiger partial charge is 0.267 e. The lowest BCUT2D eigenvalue weighted by Crippen LogP contribution is -2.18. The van der Waals surface area contributed by atoms with Crippen molar-refractivity contribution in [2.75, 3.05) is 0 Å². The molecule has 24 heavy (non-hydrogen) atoms. The van der Waals surface area contributed by atoms with Gasteiger partial charge in [0.15, 0.2) is 0 Å². The molecule has 3 aromatic rings. The van der Waals surface area contributed by atoms with Gasteiger partial charge in [-0.25, -0.2) is 13.4 Å². The van der Waals surface area contributed by atoms with Crippen LogP contribution in [0.5, 0.6) is 0 Å². The predicted molar refractivity (Wildman–Crippen MR) is 82.1 cm³/mol. The minimum atomic E-state index is -3.70. The molecule has 0 saturated heterocycles. The van der Waals surface area contributed by atoms with Crippen LogP contribution >= 0.6 is 0 Å². The molecule has 2 N–H and O–H groups in total. The van der Waals surface area contributed by atoms with Gasteiger partial charge in [-0.3, -0.25) is 14.7 Å².